The van der Waals surface area contributed by atoms with Gasteiger partial charge < -0.3 is 15.3 Å². The average molecular weight is 419 g/mol. The number of carbonyl (C=O) groups excluding carboxylic acids is 1. The van der Waals surface area contributed by atoms with E-state index in [4.69, 9.17) is 16.7 Å². The van der Waals surface area contributed by atoms with Crippen molar-refractivity contribution in [2.75, 3.05) is 18.4 Å². The van der Waals surface area contributed by atoms with Gasteiger partial charge in [0.1, 0.15) is 5.82 Å². The number of hydrogen-bond donors (Lipinski definition) is 2. The largest absolute Gasteiger partial charge is 0.474 e. The Bertz CT molecular complexity index is 874. The lowest BCUT2D eigenvalue weighted by Crippen LogP contribution is -2.39. The molecule has 0 spiro atoms. The molecule has 28 heavy (non-hydrogen) atoms. The Balaban J connectivity index is 2.12. The zero-order valence-electron chi connectivity index (χ0n) is 14.3. The monoisotopic (exact) mass is 418 g/mol. The molecule has 0 saturated heterocycles. The molecule has 0 aliphatic heterocycles. The van der Waals surface area contributed by atoms with E-state index in [2.05, 4.69) is 5.32 Å². The molecular weight excluding hydrogens is 404 g/mol. The second-order valence-electron chi connectivity index (χ2n) is 5.74. The van der Waals surface area contributed by atoms with E-state index in [1.165, 1.54) is 24.3 Å². The normalized spacial score (nSPS) is 11.2. The summed E-state index contributed by atoms with van der Waals surface area (Å²) in [5, 5.41) is 11.5. The first kappa shape index (κ1) is 21.5. The first-order chi connectivity index (χ1) is 13.1. The molecule has 0 aromatic heterocycles. The Hall–Kier alpha value is -2.81. The molecule has 0 bridgehead atoms. The van der Waals surface area contributed by atoms with E-state index in [-0.39, 0.29) is 30.3 Å². The van der Waals surface area contributed by atoms with Gasteiger partial charge in [-0.2, -0.15) is 13.2 Å². The molecule has 0 heterocycles. The number of rotatable bonds is 6. The van der Waals surface area contributed by atoms with Crippen molar-refractivity contribution in [3.8, 4) is 0 Å². The van der Waals surface area contributed by atoms with Crippen LogP contribution in [0.2, 0.25) is 5.02 Å². The Morgan fingerprint density at radius 3 is 2.43 bits per heavy atom. The molecule has 150 valence electrons. The van der Waals surface area contributed by atoms with Gasteiger partial charge in [0.25, 0.3) is 0 Å². The zero-order chi connectivity index (χ0) is 20.9. The maximum absolute atomic E-state index is 13.1. The van der Waals surface area contributed by atoms with E-state index in [1.807, 2.05) is 0 Å². The quantitative estimate of drug-likeness (QED) is 0.549. The molecule has 2 N–H and O–H groups in total. The van der Waals surface area contributed by atoms with Crippen LogP contribution in [0.25, 0.3) is 0 Å². The molecule has 0 saturated carbocycles. The van der Waals surface area contributed by atoms with Crippen molar-refractivity contribution in [1.82, 2.24) is 4.90 Å². The van der Waals surface area contributed by atoms with Gasteiger partial charge >= 0.3 is 18.1 Å². The number of aliphatic carboxylic acids is 1. The number of carboxylic acids is 1. The molecule has 2 aromatic rings. The van der Waals surface area contributed by atoms with Crippen LogP contribution in [0.5, 0.6) is 0 Å². The Morgan fingerprint density at radius 1 is 1.14 bits per heavy atom. The van der Waals surface area contributed by atoms with Crippen molar-refractivity contribution in [3.63, 3.8) is 0 Å². The van der Waals surface area contributed by atoms with Crippen LogP contribution in [0.4, 0.5) is 23.2 Å². The highest BCUT2D eigenvalue weighted by molar-refractivity contribution is 6.32. The third kappa shape index (κ3) is 5.59. The van der Waals surface area contributed by atoms with Crippen molar-refractivity contribution in [2.24, 2.45) is 0 Å². The zero-order valence-corrected chi connectivity index (χ0v) is 15.0. The van der Waals surface area contributed by atoms with Crippen LogP contribution < -0.4 is 5.32 Å². The number of halogens is 5. The highest BCUT2D eigenvalue weighted by atomic mass is 35.5. The van der Waals surface area contributed by atoms with Crippen molar-refractivity contribution in [2.45, 2.75) is 12.7 Å². The fourth-order valence-corrected chi connectivity index (χ4v) is 2.68. The van der Waals surface area contributed by atoms with Gasteiger partial charge in [-0.25, -0.2) is 9.18 Å². The van der Waals surface area contributed by atoms with Gasteiger partial charge in [-0.1, -0.05) is 29.8 Å². The molecule has 0 aliphatic rings. The molecule has 0 unspecified atom stereocenters. The van der Waals surface area contributed by atoms with Crippen molar-refractivity contribution in [1.29, 1.82) is 0 Å². The first-order valence-electron chi connectivity index (χ1n) is 7.96. The minimum atomic E-state index is -4.57. The molecule has 0 aliphatic carbocycles. The van der Waals surface area contributed by atoms with E-state index >= 15 is 0 Å². The SMILES string of the molecule is O=C(O)C(=O)N(CCNc1ccccc1C(F)(F)F)Cc1ccc(F)cc1Cl. The number of hydrogen-bond acceptors (Lipinski definition) is 3. The molecule has 2 aromatic carbocycles. The Kier molecular flexibility index (Phi) is 6.85. The molecule has 0 fully saturated rings. The summed E-state index contributed by atoms with van der Waals surface area (Å²) in [6, 6.07) is 8.19. The fourth-order valence-electron chi connectivity index (χ4n) is 2.45. The number of para-hydroxylation sites is 1. The van der Waals surface area contributed by atoms with Crippen molar-refractivity contribution in [3.05, 3.63) is 64.4 Å². The first-order valence-corrected chi connectivity index (χ1v) is 8.33. The average Bonchev–Trinajstić information content (AvgIpc) is 2.61. The lowest BCUT2D eigenvalue weighted by molar-refractivity contribution is -0.156. The third-order valence-electron chi connectivity index (χ3n) is 3.78. The maximum Gasteiger partial charge on any atom is 0.418 e. The van der Waals surface area contributed by atoms with Gasteiger partial charge in [-0.3, -0.25) is 4.79 Å². The standard InChI is InChI=1S/C18H15ClF4N2O3/c19-14-9-12(20)6-5-11(14)10-25(16(26)17(27)28)8-7-24-15-4-2-1-3-13(15)18(21,22)23/h1-6,9,24H,7-8,10H2,(H,27,28). The third-order valence-corrected chi connectivity index (χ3v) is 4.13. The van der Waals surface area contributed by atoms with Crippen LogP contribution >= 0.6 is 11.6 Å². The van der Waals surface area contributed by atoms with Crippen molar-refractivity contribution >= 4 is 29.2 Å². The summed E-state index contributed by atoms with van der Waals surface area (Å²) in [5.41, 5.74) is -0.779. The molecule has 2 rings (SSSR count). The number of nitrogens with one attached hydrogen (secondary N) is 1. The lowest BCUT2D eigenvalue weighted by Gasteiger charge is -2.22. The van der Waals surface area contributed by atoms with Crippen molar-refractivity contribution < 1.29 is 32.3 Å². The summed E-state index contributed by atoms with van der Waals surface area (Å²) >= 11 is 5.89. The van der Waals surface area contributed by atoms with Crippen LogP contribution in [-0.2, 0) is 22.3 Å². The van der Waals surface area contributed by atoms with Crippen LogP contribution in [0.3, 0.4) is 0 Å². The maximum atomic E-state index is 13.1. The molecule has 1 amide bonds. The van der Waals surface area contributed by atoms with Crippen LogP contribution in [0, 0.1) is 5.82 Å². The predicted octanol–water partition coefficient (Wildman–Crippen LogP) is 4.02. The summed E-state index contributed by atoms with van der Waals surface area (Å²) in [6.07, 6.45) is -4.57. The fraction of sp³-hybridized carbons (Fsp3) is 0.222. The predicted molar refractivity (Wildman–Crippen MR) is 94.4 cm³/mol. The van der Waals surface area contributed by atoms with Gasteiger partial charge in [0.05, 0.1) is 5.56 Å². The van der Waals surface area contributed by atoms with E-state index in [0.717, 1.165) is 23.1 Å². The number of anilines is 1. The second-order valence-corrected chi connectivity index (χ2v) is 6.14. The summed E-state index contributed by atoms with van der Waals surface area (Å²) < 4.78 is 52.2. The highest BCUT2D eigenvalue weighted by Crippen LogP contribution is 2.34. The minimum absolute atomic E-state index is 0.00133. The van der Waals surface area contributed by atoms with Gasteiger partial charge in [0, 0.05) is 30.3 Å². The topological polar surface area (TPSA) is 69.6 Å². The van der Waals surface area contributed by atoms with E-state index in [1.54, 1.807) is 0 Å². The Morgan fingerprint density at radius 2 is 1.82 bits per heavy atom. The van der Waals surface area contributed by atoms with Gasteiger partial charge in [0.2, 0.25) is 0 Å². The minimum Gasteiger partial charge on any atom is -0.474 e. The molecule has 5 nitrogen and oxygen atoms in total. The van der Waals surface area contributed by atoms with E-state index in [0.29, 0.717) is 5.56 Å². The number of amides is 1. The molecule has 10 heteroatoms. The summed E-state index contributed by atoms with van der Waals surface area (Å²) in [7, 11) is 0. The summed E-state index contributed by atoms with van der Waals surface area (Å²) in [4.78, 5) is 23.8. The van der Waals surface area contributed by atoms with Gasteiger partial charge in [-0.05, 0) is 29.8 Å². The number of carbonyl (C=O) groups is 2. The van der Waals surface area contributed by atoms with Gasteiger partial charge in [0.15, 0.2) is 0 Å². The highest BCUT2D eigenvalue weighted by Gasteiger charge is 2.33. The lowest BCUT2D eigenvalue weighted by atomic mass is 10.1. The molecule has 0 radical (unpaired) electrons. The summed E-state index contributed by atoms with van der Waals surface area (Å²) in [5.74, 6) is -3.59. The Labute approximate surface area is 162 Å². The number of nitrogens with zero attached hydrogens (tertiary/aromatic N) is 1. The van der Waals surface area contributed by atoms with Gasteiger partial charge in [-0.15, -0.1) is 0 Å². The van der Waals surface area contributed by atoms with E-state index < -0.39 is 29.4 Å². The van der Waals surface area contributed by atoms with E-state index in [9.17, 15) is 27.2 Å². The molecular formula is C18H15ClF4N2O3. The number of benzene rings is 2. The number of carboxylic acid groups (broad SMARTS) is 1. The molecule has 0 atom stereocenters. The van der Waals surface area contributed by atoms with Crippen LogP contribution in [-0.4, -0.2) is 35.0 Å². The second kappa shape index (κ2) is 8.92. The van der Waals surface area contributed by atoms with Crippen LogP contribution in [0.1, 0.15) is 11.1 Å². The number of alkyl halides is 3. The smallest absolute Gasteiger partial charge is 0.418 e. The van der Waals surface area contributed by atoms with Crippen LogP contribution in [0.15, 0.2) is 42.5 Å². The summed E-state index contributed by atoms with van der Waals surface area (Å²) in [6.45, 7) is -0.608.